The third-order valence-corrected chi connectivity index (χ3v) is 4.73. The van der Waals surface area contributed by atoms with Crippen LogP contribution in [-0.2, 0) is 6.54 Å². The number of hydrogen-bond donors (Lipinski definition) is 0. The summed E-state index contributed by atoms with van der Waals surface area (Å²) in [5, 5.41) is 0. The second-order valence-corrected chi connectivity index (χ2v) is 7.07. The van der Waals surface area contributed by atoms with Crippen LogP contribution in [0.25, 0.3) is 0 Å². The van der Waals surface area contributed by atoms with Crippen LogP contribution in [0.1, 0.15) is 42.4 Å². The number of aromatic nitrogens is 2. The molecule has 1 aliphatic heterocycles. The summed E-state index contributed by atoms with van der Waals surface area (Å²) in [5.41, 5.74) is 3.88. The summed E-state index contributed by atoms with van der Waals surface area (Å²) in [7, 11) is 0. The normalized spacial score (nSPS) is 16.0. The summed E-state index contributed by atoms with van der Waals surface area (Å²) >= 11 is 0. The highest BCUT2D eigenvalue weighted by molar-refractivity contribution is 5.40. The van der Waals surface area contributed by atoms with Gasteiger partial charge in [-0.1, -0.05) is 38.1 Å². The molecule has 0 spiro atoms. The third kappa shape index (κ3) is 3.93. The molecule has 1 aliphatic rings. The Morgan fingerprint density at radius 3 is 2.38 bits per heavy atom. The van der Waals surface area contributed by atoms with Crippen molar-refractivity contribution in [3.63, 3.8) is 0 Å². The average Bonchev–Trinajstić information content (AvgIpc) is 2.57. The van der Waals surface area contributed by atoms with Crippen LogP contribution in [0.2, 0.25) is 0 Å². The summed E-state index contributed by atoms with van der Waals surface area (Å²) in [6.45, 7) is 13.8. The van der Waals surface area contributed by atoms with Crippen LogP contribution < -0.4 is 4.90 Å². The van der Waals surface area contributed by atoms with Gasteiger partial charge in [-0.05, 0) is 25.0 Å². The molecule has 0 aliphatic carbocycles. The van der Waals surface area contributed by atoms with Crippen molar-refractivity contribution in [2.45, 2.75) is 40.2 Å². The lowest BCUT2D eigenvalue weighted by molar-refractivity contribution is 0.249. The van der Waals surface area contributed by atoms with E-state index in [9.17, 15) is 0 Å². The van der Waals surface area contributed by atoms with Gasteiger partial charge in [-0.2, -0.15) is 0 Å². The average molecular weight is 324 g/mol. The van der Waals surface area contributed by atoms with E-state index in [1.54, 1.807) is 0 Å². The molecule has 0 saturated carbocycles. The van der Waals surface area contributed by atoms with E-state index in [2.05, 4.69) is 72.8 Å². The van der Waals surface area contributed by atoms with Gasteiger partial charge in [0.2, 0.25) is 0 Å². The number of rotatable bonds is 4. The van der Waals surface area contributed by atoms with E-state index in [1.807, 2.05) is 0 Å². The van der Waals surface area contributed by atoms with Gasteiger partial charge in [-0.15, -0.1) is 0 Å². The fraction of sp³-hybridized carbons (Fsp3) is 0.500. The Morgan fingerprint density at radius 1 is 1.00 bits per heavy atom. The molecular formula is C20H28N4. The van der Waals surface area contributed by atoms with Gasteiger partial charge in [-0.25, -0.2) is 9.97 Å². The van der Waals surface area contributed by atoms with Gasteiger partial charge in [-0.3, -0.25) is 4.90 Å². The Bertz CT molecular complexity index is 688. The zero-order valence-electron chi connectivity index (χ0n) is 15.3. The first-order valence-corrected chi connectivity index (χ1v) is 8.90. The number of piperazine rings is 1. The predicted molar refractivity (Wildman–Crippen MR) is 99.5 cm³/mol. The van der Waals surface area contributed by atoms with Crippen LogP contribution in [0.5, 0.6) is 0 Å². The van der Waals surface area contributed by atoms with Gasteiger partial charge in [0, 0.05) is 50.4 Å². The first-order chi connectivity index (χ1) is 11.5. The van der Waals surface area contributed by atoms with Crippen molar-refractivity contribution in [1.29, 1.82) is 0 Å². The summed E-state index contributed by atoms with van der Waals surface area (Å²) < 4.78 is 0. The third-order valence-electron chi connectivity index (χ3n) is 4.73. The molecule has 4 heteroatoms. The van der Waals surface area contributed by atoms with Crippen LogP contribution in [-0.4, -0.2) is 41.0 Å². The van der Waals surface area contributed by atoms with Crippen molar-refractivity contribution in [1.82, 2.24) is 14.9 Å². The fourth-order valence-electron chi connectivity index (χ4n) is 3.16. The number of benzene rings is 1. The first kappa shape index (κ1) is 16.9. The Labute approximate surface area is 145 Å². The molecule has 1 fully saturated rings. The molecule has 0 amide bonds. The topological polar surface area (TPSA) is 32.3 Å². The van der Waals surface area contributed by atoms with Crippen molar-refractivity contribution in [3.05, 3.63) is 53.0 Å². The maximum absolute atomic E-state index is 4.78. The van der Waals surface area contributed by atoms with Crippen molar-refractivity contribution in [2.24, 2.45) is 0 Å². The maximum atomic E-state index is 4.78. The number of anilines is 1. The van der Waals surface area contributed by atoms with E-state index >= 15 is 0 Å². The predicted octanol–water partition coefficient (Wildman–Crippen LogP) is 3.54. The van der Waals surface area contributed by atoms with Gasteiger partial charge < -0.3 is 4.90 Å². The standard InChI is InChI=1S/C20H28N4/c1-15(2)20-21-17(4)13-19(22-20)24-11-9-23(10-12-24)14-18-8-6-5-7-16(18)3/h5-8,13,15H,9-12,14H2,1-4H3. The van der Waals surface area contributed by atoms with Gasteiger partial charge >= 0.3 is 0 Å². The van der Waals surface area contributed by atoms with Crippen LogP contribution in [0.4, 0.5) is 5.82 Å². The van der Waals surface area contributed by atoms with E-state index in [4.69, 9.17) is 4.98 Å². The van der Waals surface area contributed by atoms with Crippen molar-refractivity contribution >= 4 is 5.82 Å². The molecule has 0 unspecified atom stereocenters. The van der Waals surface area contributed by atoms with E-state index in [0.29, 0.717) is 5.92 Å². The number of nitrogens with zero attached hydrogens (tertiary/aromatic N) is 4. The Hall–Kier alpha value is -1.94. The lowest BCUT2D eigenvalue weighted by Gasteiger charge is -2.36. The summed E-state index contributed by atoms with van der Waals surface area (Å²) in [5.74, 6) is 2.40. The fourth-order valence-corrected chi connectivity index (χ4v) is 3.16. The van der Waals surface area contributed by atoms with Crippen LogP contribution in [0.3, 0.4) is 0 Å². The van der Waals surface area contributed by atoms with Crippen LogP contribution >= 0.6 is 0 Å². The van der Waals surface area contributed by atoms with Crippen LogP contribution in [0.15, 0.2) is 30.3 Å². The van der Waals surface area contributed by atoms with Crippen molar-refractivity contribution in [3.8, 4) is 0 Å². The molecular weight excluding hydrogens is 296 g/mol. The van der Waals surface area contributed by atoms with Crippen molar-refractivity contribution < 1.29 is 0 Å². The SMILES string of the molecule is Cc1cc(N2CCN(Cc3ccccc3C)CC2)nc(C(C)C)n1. The van der Waals surface area contributed by atoms with E-state index in [-0.39, 0.29) is 0 Å². The molecule has 1 aromatic heterocycles. The number of aryl methyl sites for hydroxylation is 2. The van der Waals surface area contributed by atoms with Gasteiger partial charge in [0.25, 0.3) is 0 Å². The minimum atomic E-state index is 0.367. The quantitative estimate of drug-likeness (QED) is 0.861. The molecule has 24 heavy (non-hydrogen) atoms. The lowest BCUT2D eigenvalue weighted by atomic mass is 10.1. The molecule has 0 atom stereocenters. The zero-order chi connectivity index (χ0) is 17.1. The number of hydrogen-bond acceptors (Lipinski definition) is 4. The van der Waals surface area contributed by atoms with E-state index < -0.39 is 0 Å². The monoisotopic (exact) mass is 324 g/mol. The Morgan fingerprint density at radius 2 is 1.71 bits per heavy atom. The van der Waals surface area contributed by atoms with Crippen molar-refractivity contribution in [2.75, 3.05) is 31.1 Å². The highest BCUT2D eigenvalue weighted by atomic mass is 15.3. The zero-order valence-corrected chi connectivity index (χ0v) is 15.3. The minimum Gasteiger partial charge on any atom is -0.354 e. The Balaban J connectivity index is 1.64. The second-order valence-electron chi connectivity index (χ2n) is 7.07. The highest BCUT2D eigenvalue weighted by Gasteiger charge is 2.19. The van der Waals surface area contributed by atoms with Crippen LogP contribution in [0, 0.1) is 13.8 Å². The molecule has 0 radical (unpaired) electrons. The molecule has 1 saturated heterocycles. The largest absolute Gasteiger partial charge is 0.354 e. The van der Waals surface area contributed by atoms with E-state index in [1.165, 1.54) is 11.1 Å². The Kier molecular flexibility index (Phi) is 5.14. The molecule has 2 heterocycles. The lowest BCUT2D eigenvalue weighted by Crippen LogP contribution is -2.46. The maximum Gasteiger partial charge on any atom is 0.133 e. The molecule has 0 bridgehead atoms. The summed E-state index contributed by atoms with van der Waals surface area (Å²) in [6.07, 6.45) is 0. The van der Waals surface area contributed by atoms with Gasteiger partial charge in [0.05, 0.1) is 0 Å². The second kappa shape index (κ2) is 7.31. The minimum absolute atomic E-state index is 0.367. The summed E-state index contributed by atoms with van der Waals surface area (Å²) in [4.78, 5) is 14.3. The molecule has 2 aromatic rings. The van der Waals surface area contributed by atoms with E-state index in [0.717, 1.165) is 50.1 Å². The van der Waals surface area contributed by atoms with Gasteiger partial charge in [0.15, 0.2) is 0 Å². The molecule has 3 rings (SSSR count). The molecule has 0 N–H and O–H groups in total. The molecule has 1 aromatic carbocycles. The smallest absolute Gasteiger partial charge is 0.133 e. The first-order valence-electron chi connectivity index (χ1n) is 8.90. The highest BCUT2D eigenvalue weighted by Crippen LogP contribution is 2.19. The molecule has 128 valence electrons. The van der Waals surface area contributed by atoms with Gasteiger partial charge in [0.1, 0.15) is 11.6 Å². The summed E-state index contributed by atoms with van der Waals surface area (Å²) in [6, 6.07) is 10.8. The molecule has 4 nitrogen and oxygen atoms in total.